The topological polar surface area (TPSA) is 28.7 Å². The van der Waals surface area contributed by atoms with E-state index in [1.807, 2.05) is 6.07 Å². The molecule has 0 radical (unpaired) electrons. The van der Waals surface area contributed by atoms with Crippen molar-refractivity contribution in [3.8, 4) is 0 Å². The number of nitrogens with one attached hydrogen (secondary N) is 1. The lowest BCUT2D eigenvalue weighted by molar-refractivity contribution is 0.500. The number of H-pyrrole nitrogens is 1. The zero-order valence-electron chi connectivity index (χ0n) is 9.75. The number of aromatic nitrogens is 2. The molecule has 3 rings (SSSR count). The molecule has 2 aromatic carbocycles. The Bertz CT molecular complexity index is 752. The number of nitrogens with zero attached hydrogens (tertiary/aromatic N) is 1. The molecule has 0 aliphatic rings. The van der Waals surface area contributed by atoms with Crippen molar-refractivity contribution >= 4 is 22.6 Å². The molecule has 5 heteroatoms. The van der Waals surface area contributed by atoms with Gasteiger partial charge in [0.15, 0.2) is 11.6 Å². The molecule has 1 heterocycles. The van der Waals surface area contributed by atoms with Gasteiger partial charge in [0.05, 0.1) is 10.5 Å². The van der Waals surface area contributed by atoms with E-state index in [-0.39, 0.29) is 12.0 Å². The lowest BCUT2D eigenvalue weighted by Crippen LogP contribution is -1.97. The van der Waals surface area contributed by atoms with Crippen molar-refractivity contribution in [2.75, 3.05) is 0 Å². The number of fused-ring (bicyclic) bond motifs is 1. The molecule has 0 spiro atoms. The van der Waals surface area contributed by atoms with Crippen LogP contribution in [0.5, 0.6) is 0 Å². The lowest BCUT2D eigenvalue weighted by Gasteiger charge is -2.01. The number of benzene rings is 2. The molecular formula is C14H9ClF2N2. The van der Waals surface area contributed by atoms with E-state index >= 15 is 0 Å². The molecule has 0 saturated carbocycles. The van der Waals surface area contributed by atoms with Crippen molar-refractivity contribution < 1.29 is 8.78 Å². The molecule has 0 aliphatic carbocycles. The van der Waals surface area contributed by atoms with Gasteiger partial charge in [0.1, 0.15) is 11.3 Å². The van der Waals surface area contributed by atoms with Gasteiger partial charge in [-0.15, -0.1) is 0 Å². The van der Waals surface area contributed by atoms with E-state index in [9.17, 15) is 8.78 Å². The fraction of sp³-hybridized carbons (Fsp3) is 0.0714. The van der Waals surface area contributed by atoms with E-state index in [2.05, 4.69) is 9.97 Å². The third-order valence-corrected chi connectivity index (χ3v) is 3.21. The van der Waals surface area contributed by atoms with Gasteiger partial charge in [-0.25, -0.2) is 13.8 Å². The van der Waals surface area contributed by atoms with E-state index in [4.69, 9.17) is 11.6 Å². The molecule has 0 fully saturated rings. The minimum atomic E-state index is -0.855. The average Bonchev–Trinajstić information content (AvgIpc) is 2.79. The second-order valence-electron chi connectivity index (χ2n) is 4.21. The summed E-state index contributed by atoms with van der Waals surface area (Å²) >= 11 is 6.01. The maximum Gasteiger partial charge on any atom is 0.162 e. The third-order valence-electron chi connectivity index (χ3n) is 2.90. The number of aromatic amines is 1. The van der Waals surface area contributed by atoms with E-state index in [1.54, 1.807) is 12.1 Å². The number of rotatable bonds is 2. The van der Waals surface area contributed by atoms with Crippen LogP contribution >= 0.6 is 11.6 Å². The Labute approximate surface area is 113 Å². The first-order chi connectivity index (χ1) is 9.15. The molecular weight excluding hydrogens is 270 g/mol. The molecule has 96 valence electrons. The van der Waals surface area contributed by atoms with Crippen molar-refractivity contribution in [2.45, 2.75) is 6.42 Å². The first-order valence-corrected chi connectivity index (χ1v) is 6.09. The molecule has 2 nitrogen and oxygen atoms in total. The number of halogens is 3. The van der Waals surface area contributed by atoms with Crippen molar-refractivity contribution in [1.29, 1.82) is 0 Å². The van der Waals surface area contributed by atoms with Crippen LogP contribution in [0.25, 0.3) is 11.0 Å². The second kappa shape index (κ2) is 4.63. The molecule has 1 aromatic heterocycles. The van der Waals surface area contributed by atoms with Crippen LogP contribution in [0.1, 0.15) is 11.4 Å². The van der Waals surface area contributed by atoms with Crippen LogP contribution in [-0.2, 0) is 6.42 Å². The SMILES string of the molecule is Fc1cccc(Cc2nc3c(Cl)cccc3[nH]2)c1F. The Hall–Kier alpha value is -1.94. The molecule has 1 N–H and O–H groups in total. The quantitative estimate of drug-likeness (QED) is 0.751. The molecule has 3 aromatic rings. The fourth-order valence-corrected chi connectivity index (χ4v) is 2.21. The minimum absolute atomic E-state index is 0.189. The van der Waals surface area contributed by atoms with Crippen molar-refractivity contribution in [3.05, 3.63) is 64.4 Å². The molecule has 19 heavy (non-hydrogen) atoms. The summed E-state index contributed by atoms with van der Waals surface area (Å²) < 4.78 is 26.7. The lowest BCUT2D eigenvalue weighted by atomic mass is 10.1. The molecule has 0 saturated heterocycles. The van der Waals surface area contributed by atoms with E-state index in [1.165, 1.54) is 12.1 Å². The molecule has 0 amide bonds. The van der Waals surface area contributed by atoms with Gasteiger partial charge in [-0.1, -0.05) is 29.8 Å². The highest BCUT2D eigenvalue weighted by atomic mass is 35.5. The first kappa shape index (κ1) is 12.1. The van der Waals surface area contributed by atoms with Gasteiger partial charge in [-0.3, -0.25) is 0 Å². The summed E-state index contributed by atoms with van der Waals surface area (Å²) in [5.74, 6) is -1.15. The van der Waals surface area contributed by atoms with Crippen LogP contribution in [0.15, 0.2) is 36.4 Å². The Morgan fingerprint density at radius 1 is 1.11 bits per heavy atom. The van der Waals surface area contributed by atoms with Gasteiger partial charge in [-0.05, 0) is 23.8 Å². The standard InChI is InChI=1S/C14H9ClF2N2/c15-9-4-2-6-11-14(9)19-12(18-11)7-8-3-1-5-10(16)13(8)17/h1-6H,7H2,(H,18,19). The van der Waals surface area contributed by atoms with Crippen LogP contribution in [0.2, 0.25) is 5.02 Å². The monoisotopic (exact) mass is 278 g/mol. The van der Waals surface area contributed by atoms with Crippen LogP contribution in [0.4, 0.5) is 8.78 Å². The van der Waals surface area contributed by atoms with Crippen LogP contribution in [0.3, 0.4) is 0 Å². The number of hydrogen-bond acceptors (Lipinski definition) is 1. The van der Waals surface area contributed by atoms with Gasteiger partial charge in [0.25, 0.3) is 0 Å². The smallest absolute Gasteiger partial charge is 0.162 e. The van der Waals surface area contributed by atoms with Gasteiger partial charge in [0.2, 0.25) is 0 Å². The maximum atomic E-state index is 13.6. The molecule has 0 atom stereocenters. The summed E-state index contributed by atoms with van der Waals surface area (Å²) in [6, 6.07) is 9.47. The Morgan fingerprint density at radius 3 is 2.68 bits per heavy atom. The highest BCUT2D eigenvalue weighted by molar-refractivity contribution is 6.34. The predicted octanol–water partition coefficient (Wildman–Crippen LogP) is 4.09. The zero-order chi connectivity index (χ0) is 13.4. The number of para-hydroxylation sites is 1. The van der Waals surface area contributed by atoms with Gasteiger partial charge in [-0.2, -0.15) is 0 Å². The summed E-state index contributed by atoms with van der Waals surface area (Å²) in [6.07, 6.45) is 0.189. The summed E-state index contributed by atoms with van der Waals surface area (Å²) in [7, 11) is 0. The normalized spacial score (nSPS) is 11.1. The van der Waals surface area contributed by atoms with Crippen molar-refractivity contribution in [3.63, 3.8) is 0 Å². The predicted molar refractivity (Wildman–Crippen MR) is 70.3 cm³/mol. The average molecular weight is 279 g/mol. The maximum absolute atomic E-state index is 13.6. The van der Waals surface area contributed by atoms with Crippen LogP contribution < -0.4 is 0 Å². The summed E-state index contributed by atoms with van der Waals surface area (Å²) in [4.78, 5) is 7.35. The van der Waals surface area contributed by atoms with E-state index in [0.717, 1.165) is 11.6 Å². The third kappa shape index (κ3) is 2.19. The summed E-state index contributed by atoms with van der Waals surface area (Å²) in [5, 5.41) is 0.528. The van der Waals surface area contributed by atoms with E-state index < -0.39 is 11.6 Å². The van der Waals surface area contributed by atoms with Gasteiger partial charge >= 0.3 is 0 Å². The van der Waals surface area contributed by atoms with Crippen LogP contribution in [0, 0.1) is 11.6 Å². The van der Waals surface area contributed by atoms with Gasteiger partial charge < -0.3 is 4.98 Å². The Balaban J connectivity index is 2.02. The highest BCUT2D eigenvalue weighted by Gasteiger charge is 2.11. The Kier molecular flexibility index (Phi) is 2.95. The summed E-state index contributed by atoms with van der Waals surface area (Å²) in [5.41, 5.74) is 1.67. The molecule has 0 bridgehead atoms. The first-order valence-electron chi connectivity index (χ1n) is 5.71. The van der Waals surface area contributed by atoms with Gasteiger partial charge in [0, 0.05) is 6.42 Å². The van der Waals surface area contributed by atoms with Crippen molar-refractivity contribution in [2.24, 2.45) is 0 Å². The fourth-order valence-electron chi connectivity index (χ4n) is 2.00. The van der Waals surface area contributed by atoms with E-state index in [0.29, 0.717) is 16.4 Å². The molecule has 0 unspecified atom stereocenters. The van der Waals surface area contributed by atoms with Crippen molar-refractivity contribution in [1.82, 2.24) is 9.97 Å². The Morgan fingerprint density at radius 2 is 1.89 bits per heavy atom. The zero-order valence-corrected chi connectivity index (χ0v) is 10.5. The number of imidazole rings is 1. The minimum Gasteiger partial charge on any atom is -0.342 e. The summed E-state index contributed by atoms with van der Waals surface area (Å²) in [6.45, 7) is 0. The van der Waals surface area contributed by atoms with Crippen LogP contribution in [-0.4, -0.2) is 9.97 Å². The number of hydrogen-bond donors (Lipinski definition) is 1. The largest absolute Gasteiger partial charge is 0.342 e. The highest BCUT2D eigenvalue weighted by Crippen LogP contribution is 2.22. The second-order valence-corrected chi connectivity index (χ2v) is 4.62. The molecule has 0 aliphatic heterocycles.